The summed E-state index contributed by atoms with van der Waals surface area (Å²) in [4.78, 5) is 53.6. The van der Waals surface area contributed by atoms with Crippen LogP contribution >= 0.6 is 0 Å². The number of ether oxygens (including phenoxy) is 8. The standard InChI is InChI=1S/C44H38N12O8/c1-57-37-33(38(58-2)46-17-45-37)29-21-9-11-23(53-21)30(34-39(59-3)47-18-48-40(34)60-4)25-13-15-27(55-25)32(36-43(63-7)51-20-52-44(36)64-8)28-16-14-26(56-28)31(24-12-10-22(29)54-24)35-41(61-5)49-19-50-42(35)62-6/h9-20,53,56H,1-8H3. The van der Waals surface area contributed by atoms with Gasteiger partial charge in [-0.15, -0.1) is 0 Å². The highest BCUT2D eigenvalue weighted by Gasteiger charge is 2.29. The van der Waals surface area contributed by atoms with E-state index < -0.39 is 0 Å². The molecule has 8 bridgehead atoms. The molecular weight excluding hydrogens is 825 g/mol. The molecule has 2 aliphatic rings. The van der Waals surface area contributed by atoms with Crippen molar-refractivity contribution in [3.63, 3.8) is 0 Å². The topological polar surface area (TPSA) is 234 Å². The Hall–Kier alpha value is -8.68. The predicted octanol–water partition coefficient (Wildman–Crippen LogP) is 6.55. The lowest BCUT2D eigenvalue weighted by atomic mass is 10.1. The zero-order valence-corrected chi connectivity index (χ0v) is 35.7. The van der Waals surface area contributed by atoms with Crippen molar-refractivity contribution in [3.8, 4) is 91.5 Å². The molecule has 0 amide bonds. The molecule has 0 saturated carbocycles. The first kappa shape index (κ1) is 40.7. The van der Waals surface area contributed by atoms with Crippen molar-refractivity contribution in [2.24, 2.45) is 0 Å². The highest BCUT2D eigenvalue weighted by molar-refractivity contribution is 6.02. The van der Waals surface area contributed by atoms with Crippen LogP contribution < -0.4 is 37.9 Å². The summed E-state index contributed by atoms with van der Waals surface area (Å²) in [5.41, 5.74) is 8.06. The van der Waals surface area contributed by atoms with Crippen LogP contribution in [0.2, 0.25) is 0 Å². The van der Waals surface area contributed by atoms with Crippen LogP contribution in [0.5, 0.6) is 47.0 Å². The lowest BCUT2D eigenvalue weighted by Gasteiger charge is -2.13. The van der Waals surface area contributed by atoms with Crippen molar-refractivity contribution < 1.29 is 37.9 Å². The zero-order valence-electron chi connectivity index (χ0n) is 35.7. The minimum Gasteiger partial charge on any atom is -0.480 e. The molecule has 20 heteroatoms. The molecule has 20 nitrogen and oxygen atoms in total. The Morgan fingerprint density at radius 3 is 0.641 bits per heavy atom. The maximum Gasteiger partial charge on any atom is 0.228 e. The molecule has 9 heterocycles. The molecule has 2 aliphatic heterocycles. The SMILES string of the molecule is COc1ncnc(OC)c1-c1c2nc(c(-c3c(OC)ncnc3OC)c3ccc([nH]3)c(-c3c(OC)ncnc3OC)c3nc(c(-c4c(OC)ncnc4OC)c4ccc1[nH]4)C=C3)C=C2. The van der Waals surface area contributed by atoms with E-state index in [1.165, 1.54) is 82.2 Å². The van der Waals surface area contributed by atoms with E-state index in [4.69, 9.17) is 47.9 Å². The second kappa shape index (κ2) is 17.0. The summed E-state index contributed by atoms with van der Waals surface area (Å²) in [6.45, 7) is 0. The van der Waals surface area contributed by atoms with Gasteiger partial charge in [-0.2, -0.15) is 0 Å². The van der Waals surface area contributed by atoms with Crippen molar-refractivity contribution in [2.45, 2.75) is 0 Å². The Labute approximate surface area is 364 Å². The third-order valence-corrected chi connectivity index (χ3v) is 10.4. The molecule has 0 aliphatic carbocycles. The Bertz CT molecular complexity index is 2700. The number of methoxy groups -OCH3 is 8. The molecule has 322 valence electrons. The lowest BCUT2D eigenvalue weighted by Crippen LogP contribution is -2.01. The largest absolute Gasteiger partial charge is 0.480 e. The number of rotatable bonds is 12. The van der Waals surface area contributed by atoms with Gasteiger partial charge >= 0.3 is 0 Å². The first-order valence-electron chi connectivity index (χ1n) is 19.3. The summed E-state index contributed by atoms with van der Waals surface area (Å²) in [6, 6.07) is 7.57. The number of hydrogen-bond acceptors (Lipinski definition) is 18. The van der Waals surface area contributed by atoms with E-state index in [1.807, 2.05) is 48.6 Å². The van der Waals surface area contributed by atoms with Gasteiger partial charge in [-0.1, -0.05) is 0 Å². The molecule has 0 fully saturated rings. The van der Waals surface area contributed by atoms with Crippen molar-refractivity contribution in [1.82, 2.24) is 59.8 Å². The minimum atomic E-state index is 0.236. The number of aromatic amines is 2. The van der Waals surface area contributed by atoms with E-state index in [9.17, 15) is 0 Å². The van der Waals surface area contributed by atoms with Crippen LogP contribution in [-0.2, 0) is 0 Å². The Morgan fingerprint density at radius 2 is 0.469 bits per heavy atom. The summed E-state index contributed by atoms with van der Waals surface area (Å²) in [5.74, 6) is 1.89. The van der Waals surface area contributed by atoms with Gasteiger partial charge in [0.25, 0.3) is 0 Å². The molecular formula is C44H38N12O8. The van der Waals surface area contributed by atoms with Crippen LogP contribution in [0.3, 0.4) is 0 Å². The average Bonchev–Trinajstić information content (AvgIpc) is 4.20. The number of aromatic nitrogens is 12. The highest BCUT2D eigenvalue weighted by atomic mass is 16.5. The third-order valence-electron chi connectivity index (χ3n) is 10.4. The highest BCUT2D eigenvalue weighted by Crippen LogP contribution is 2.47. The van der Waals surface area contributed by atoms with Gasteiger partial charge in [0.05, 0.1) is 79.7 Å². The van der Waals surface area contributed by atoms with E-state index in [-0.39, 0.29) is 47.0 Å². The molecule has 0 aromatic carbocycles. The van der Waals surface area contributed by atoms with Crippen LogP contribution in [0.25, 0.3) is 90.9 Å². The quantitative estimate of drug-likeness (QED) is 0.132. The van der Waals surface area contributed by atoms with E-state index in [1.54, 1.807) is 0 Å². The average molecular weight is 863 g/mol. The normalized spacial score (nSPS) is 11.6. The molecule has 0 radical (unpaired) electrons. The molecule has 7 aromatic heterocycles. The fourth-order valence-electron chi connectivity index (χ4n) is 7.77. The van der Waals surface area contributed by atoms with Crippen molar-refractivity contribution >= 4 is 46.4 Å². The maximum absolute atomic E-state index is 5.85. The molecule has 0 unspecified atom stereocenters. The van der Waals surface area contributed by atoms with Crippen LogP contribution in [0.15, 0.2) is 49.6 Å². The van der Waals surface area contributed by atoms with Crippen LogP contribution in [0.1, 0.15) is 22.8 Å². The molecule has 0 spiro atoms. The van der Waals surface area contributed by atoms with Gasteiger partial charge in [0.2, 0.25) is 47.0 Å². The third kappa shape index (κ3) is 6.73. The van der Waals surface area contributed by atoms with Crippen molar-refractivity contribution in [1.29, 1.82) is 0 Å². The molecule has 64 heavy (non-hydrogen) atoms. The van der Waals surface area contributed by atoms with Gasteiger partial charge in [-0.25, -0.2) is 49.8 Å². The number of nitrogens with zero attached hydrogens (tertiary/aromatic N) is 10. The number of nitrogens with one attached hydrogen (secondary N) is 2. The summed E-state index contributed by atoms with van der Waals surface area (Å²) in [5, 5.41) is 0. The van der Waals surface area contributed by atoms with Gasteiger partial charge < -0.3 is 47.9 Å². The smallest absolute Gasteiger partial charge is 0.228 e. The first-order chi connectivity index (χ1) is 31.4. The van der Waals surface area contributed by atoms with Crippen LogP contribution in [-0.4, -0.2) is 117 Å². The van der Waals surface area contributed by atoms with Crippen LogP contribution in [0, 0.1) is 0 Å². The molecule has 0 atom stereocenters. The maximum atomic E-state index is 5.85. The fourth-order valence-corrected chi connectivity index (χ4v) is 7.77. The first-order valence-corrected chi connectivity index (χ1v) is 19.3. The summed E-state index contributed by atoms with van der Waals surface area (Å²) in [7, 11) is 12.1. The van der Waals surface area contributed by atoms with Gasteiger partial charge in [0.15, 0.2) is 0 Å². The summed E-state index contributed by atoms with van der Waals surface area (Å²) < 4.78 is 46.8. The minimum absolute atomic E-state index is 0.236. The predicted molar refractivity (Wildman–Crippen MR) is 235 cm³/mol. The molecule has 0 saturated heterocycles. The molecule has 9 rings (SSSR count). The van der Waals surface area contributed by atoms with E-state index in [0.717, 1.165) is 0 Å². The van der Waals surface area contributed by atoms with Gasteiger partial charge in [0.1, 0.15) is 47.6 Å². The van der Waals surface area contributed by atoms with Gasteiger partial charge in [-0.3, -0.25) is 0 Å². The Kier molecular flexibility index (Phi) is 10.8. The van der Waals surface area contributed by atoms with Gasteiger partial charge in [-0.05, 0) is 48.6 Å². The number of fused-ring (bicyclic) bond motifs is 8. The number of hydrogen-bond donors (Lipinski definition) is 2. The van der Waals surface area contributed by atoms with E-state index in [2.05, 4.69) is 49.8 Å². The fraction of sp³-hybridized carbons (Fsp3) is 0.182. The summed E-state index contributed by atoms with van der Waals surface area (Å²) >= 11 is 0. The second-order valence-corrected chi connectivity index (χ2v) is 13.6. The Balaban J connectivity index is 1.56. The van der Waals surface area contributed by atoms with E-state index in [0.29, 0.717) is 89.4 Å². The lowest BCUT2D eigenvalue weighted by molar-refractivity contribution is 0.374. The van der Waals surface area contributed by atoms with Crippen molar-refractivity contribution in [2.75, 3.05) is 56.9 Å². The van der Waals surface area contributed by atoms with Crippen molar-refractivity contribution in [3.05, 3.63) is 72.4 Å². The Morgan fingerprint density at radius 1 is 0.281 bits per heavy atom. The molecule has 7 aromatic rings. The van der Waals surface area contributed by atoms with E-state index >= 15 is 0 Å². The molecule has 2 N–H and O–H groups in total. The zero-order chi connectivity index (χ0) is 44.5. The number of H-pyrrole nitrogens is 2. The van der Waals surface area contributed by atoms with Crippen LogP contribution in [0.4, 0.5) is 0 Å². The monoisotopic (exact) mass is 862 g/mol. The second-order valence-electron chi connectivity index (χ2n) is 13.6. The summed E-state index contributed by atoms with van der Waals surface area (Å²) in [6.07, 6.45) is 12.9. The van der Waals surface area contributed by atoms with Gasteiger partial charge in [0, 0.05) is 44.3 Å².